The van der Waals surface area contributed by atoms with Crippen LogP contribution in [0.15, 0.2) is 40.8 Å². The Morgan fingerprint density at radius 3 is 2.74 bits per heavy atom. The van der Waals surface area contributed by atoms with Gasteiger partial charge in [0.15, 0.2) is 5.96 Å². The zero-order chi connectivity index (χ0) is 15.8. The number of aromatic nitrogens is 1. The number of hydrogen-bond acceptors (Lipinski definition) is 4. The molecule has 2 aromatic heterocycles. The Morgan fingerprint density at radius 2 is 2.17 bits per heavy atom. The molecule has 23 heavy (non-hydrogen) atoms. The third-order valence-corrected chi connectivity index (χ3v) is 4.40. The monoisotopic (exact) mass is 446 g/mol. The summed E-state index contributed by atoms with van der Waals surface area (Å²) in [5.41, 5.74) is 1.08. The van der Waals surface area contributed by atoms with Gasteiger partial charge in [0.05, 0.1) is 7.11 Å². The van der Waals surface area contributed by atoms with Crippen molar-refractivity contribution in [1.82, 2.24) is 15.6 Å². The molecule has 5 nitrogen and oxygen atoms in total. The van der Waals surface area contributed by atoms with Crippen molar-refractivity contribution in [3.63, 3.8) is 0 Å². The fraction of sp³-hybridized carbons (Fsp3) is 0.375. The lowest BCUT2D eigenvalue weighted by atomic mass is 10.1. The lowest BCUT2D eigenvalue weighted by Gasteiger charge is -2.15. The first-order valence-corrected chi connectivity index (χ1v) is 8.07. The van der Waals surface area contributed by atoms with Crippen LogP contribution in [0.25, 0.3) is 0 Å². The minimum Gasteiger partial charge on any atom is -0.481 e. The fourth-order valence-corrected chi connectivity index (χ4v) is 2.75. The lowest BCUT2D eigenvalue weighted by molar-refractivity contribution is 0.397. The molecule has 1 unspecified atom stereocenters. The van der Waals surface area contributed by atoms with E-state index in [1.54, 1.807) is 31.7 Å². The van der Waals surface area contributed by atoms with E-state index in [1.807, 2.05) is 12.1 Å². The first kappa shape index (κ1) is 19.7. The summed E-state index contributed by atoms with van der Waals surface area (Å²) in [6, 6.07) is 8.09. The Balaban J connectivity index is 0.00000264. The molecule has 1 atom stereocenters. The molecule has 0 fully saturated rings. The van der Waals surface area contributed by atoms with Gasteiger partial charge in [-0.2, -0.15) is 0 Å². The van der Waals surface area contributed by atoms with Gasteiger partial charge in [-0.25, -0.2) is 4.98 Å². The van der Waals surface area contributed by atoms with Crippen LogP contribution >= 0.6 is 35.3 Å². The van der Waals surface area contributed by atoms with Crippen LogP contribution in [-0.4, -0.2) is 31.6 Å². The molecule has 126 valence electrons. The van der Waals surface area contributed by atoms with E-state index in [-0.39, 0.29) is 24.0 Å². The predicted molar refractivity (Wildman–Crippen MR) is 107 cm³/mol. The van der Waals surface area contributed by atoms with Gasteiger partial charge in [0, 0.05) is 43.2 Å². The molecule has 7 heteroatoms. The maximum atomic E-state index is 5.05. The molecular formula is C16H23IN4OS. The first-order valence-electron chi connectivity index (χ1n) is 7.19. The molecule has 0 radical (unpaired) electrons. The average Bonchev–Trinajstić information content (AvgIpc) is 3.10. The third-order valence-electron chi connectivity index (χ3n) is 3.29. The van der Waals surface area contributed by atoms with Crippen LogP contribution in [-0.2, 0) is 6.54 Å². The van der Waals surface area contributed by atoms with Crippen molar-refractivity contribution >= 4 is 41.3 Å². The highest BCUT2D eigenvalue weighted by Crippen LogP contribution is 2.19. The third kappa shape index (κ3) is 6.34. The zero-order valence-corrected chi connectivity index (χ0v) is 16.7. The molecule has 2 heterocycles. The molecule has 0 saturated heterocycles. The Morgan fingerprint density at radius 1 is 1.35 bits per heavy atom. The largest absolute Gasteiger partial charge is 0.481 e. The second-order valence-electron chi connectivity index (χ2n) is 4.93. The molecule has 2 aromatic rings. The summed E-state index contributed by atoms with van der Waals surface area (Å²) in [6.07, 6.45) is 1.80. The van der Waals surface area contributed by atoms with Gasteiger partial charge in [-0.15, -0.1) is 35.3 Å². The van der Waals surface area contributed by atoms with Gasteiger partial charge >= 0.3 is 0 Å². The molecule has 0 saturated carbocycles. The number of aliphatic imine (C=N–C) groups is 1. The summed E-state index contributed by atoms with van der Waals surface area (Å²) in [5, 5.41) is 8.74. The zero-order valence-electron chi connectivity index (χ0n) is 13.6. The van der Waals surface area contributed by atoms with E-state index < -0.39 is 0 Å². The summed E-state index contributed by atoms with van der Waals surface area (Å²) < 4.78 is 5.05. The molecular weight excluding hydrogens is 423 g/mol. The van der Waals surface area contributed by atoms with Gasteiger partial charge in [-0.3, -0.25) is 4.99 Å². The molecule has 0 bridgehead atoms. The van der Waals surface area contributed by atoms with Crippen molar-refractivity contribution in [1.29, 1.82) is 0 Å². The van der Waals surface area contributed by atoms with Crippen LogP contribution < -0.4 is 15.4 Å². The number of hydrogen-bond donors (Lipinski definition) is 2. The molecule has 0 aromatic carbocycles. The van der Waals surface area contributed by atoms with Crippen LogP contribution in [0, 0.1) is 0 Å². The number of thiophene rings is 1. The number of methoxy groups -OCH3 is 1. The van der Waals surface area contributed by atoms with Crippen molar-refractivity contribution in [3.8, 4) is 5.88 Å². The van der Waals surface area contributed by atoms with Gasteiger partial charge in [0.2, 0.25) is 5.88 Å². The lowest BCUT2D eigenvalue weighted by Crippen LogP contribution is -2.38. The maximum absolute atomic E-state index is 5.05. The normalized spacial score (nSPS) is 12.2. The van der Waals surface area contributed by atoms with Gasteiger partial charge < -0.3 is 15.4 Å². The Labute approximate surface area is 158 Å². The number of halogens is 1. The first-order chi connectivity index (χ1) is 10.7. The van der Waals surface area contributed by atoms with Gasteiger partial charge in [0.1, 0.15) is 0 Å². The highest BCUT2D eigenvalue weighted by Gasteiger charge is 2.07. The van der Waals surface area contributed by atoms with Crippen LogP contribution in [0.5, 0.6) is 5.88 Å². The van der Waals surface area contributed by atoms with E-state index in [4.69, 9.17) is 4.74 Å². The van der Waals surface area contributed by atoms with Crippen LogP contribution in [0.2, 0.25) is 0 Å². The average molecular weight is 446 g/mol. The van der Waals surface area contributed by atoms with Gasteiger partial charge in [-0.05, 0) is 17.0 Å². The molecule has 0 aliphatic rings. The highest BCUT2D eigenvalue weighted by molar-refractivity contribution is 14.0. The maximum Gasteiger partial charge on any atom is 0.212 e. The predicted octanol–water partition coefficient (Wildman–Crippen LogP) is 3.24. The van der Waals surface area contributed by atoms with Crippen molar-refractivity contribution in [2.75, 3.05) is 20.7 Å². The molecule has 0 aliphatic heterocycles. The molecule has 0 spiro atoms. The topological polar surface area (TPSA) is 58.5 Å². The fourth-order valence-electron chi connectivity index (χ4n) is 1.96. The second kappa shape index (κ2) is 10.4. The van der Waals surface area contributed by atoms with E-state index >= 15 is 0 Å². The summed E-state index contributed by atoms with van der Waals surface area (Å²) >= 11 is 1.78. The Bertz CT molecular complexity index is 587. The van der Waals surface area contributed by atoms with Crippen LogP contribution in [0.4, 0.5) is 0 Å². The summed E-state index contributed by atoms with van der Waals surface area (Å²) in [5.74, 6) is 1.87. The van der Waals surface area contributed by atoms with E-state index in [0.29, 0.717) is 18.3 Å². The smallest absolute Gasteiger partial charge is 0.212 e. The van der Waals surface area contributed by atoms with Crippen LogP contribution in [0.3, 0.4) is 0 Å². The molecule has 0 aliphatic carbocycles. The summed E-state index contributed by atoms with van der Waals surface area (Å²) in [4.78, 5) is 9.81. The van der Waals surface area contributed by atoms with Crippen molar-refractivity contribution in [2.24, 2.45) is 4.99 Å². The summed E-state index contributed by atoms with van der Waals surface area (Å²) in [7, 11) is 3.39. The Hall–Kier alpha value is -1.35. The van der Waals surface area contributed by atoms with E-state index in [2.05, 4.69) is 45.0 Å². The number of pyridine rings is 1. The molecule has 0 amide bonds. The number of guanidine groups is 1. The van der Waals surface area contributed by atoms with Crippen molar-refractivity contribution in [2.45, 2.75) is 19.4 Å². The Kier molecular flexibility index (Phi) is 8.93. The minimum atomic E-state index is 0. The van der Waals surface area contributed by atoms with E-state index in [9.17, 15) is 0 Å². The van der Waals surface area contributed by atoms with E-state index in [1.165, 1.54) is 4.88 Å². The standard InChI is InChI=1S/C16H22N4OS.HI/c1-12(14-5-4-8-22-14)9-19-16(17-2)20-11-13-6-7-15(21-3)18-10-13;/h4-8,10,12H,9,11H2,1-3H3,(H2,17,19,20);1H. The SMILES string of the molecule is CN=C(NCc1ccc(OC)nc1)NCC(C)c1cccs1.I. The quantitative estimate of drug-likeness (QED) is 0.407. The van der Waals surface area contributed by atoms with Crippen molar-refractivity contribution < 1.29 is 4.74 Å². The van der Waals surface area contributed by atoms with E-state index in [0.717, 1.165) is 18.1 Å². The number of nitrogens with one attached hydrogen (secondary N) is 2. The van der Waals surface area contributed by atoms with Crippen LogP contribution in [0.1, 0.15) is 23.3 Å². The van der Waals surface area contributed by atoms with Crippen molar-refractivity contribution in [3.05, 3.63) is 46.3 Å². The molecule has 2 N–H and O–H groups in total. The number of rotatable bonds is 6. The second-order valence-corrected chi connectivity index (χ2v) is 5.91. The molecule has 2 rings (SSSR count). The van der Waals surface area contributed by atoms with Gasteiger partial charge in [-0.1, -0.05) is 19.1 Å². The summed E-state index contributed by atoms with van der Waals surface area (Å²) in [6.45, 7) is 3.73. The van der Waals surface area contributed by atoms with Gasteiger partial charge in [0.25, 0.3) is 0 Å². The number of nitrogens with zero attached hydrogens (tertiary/aromatic N) is 2. The highest BCUT2D eigenvalue weighted by atomic mass is 127. The number of ether oxygens (including phenoxy) is 1. The minimum absolute atomic E-state index is 0.